The first-order valence-corrected chi connectivity index (χ1v) is 7.87. The van der Waals surface area contributed by atoms with Gasteiger partial charge in [-0.05, 0) is 23.8 Å². The molecule has 0 unspecified atom stereocenters. The van der Waals surface area contributed by atoms with Gasteiger partial charge in [0.1, 0.15) is 5.75 Å². The first-order chi connectivity index (χ1) is 13.0. The van der Waals surface area contributed by atoms with Crippen LogP contribution < -0.4 is 14.8 Å². The minimum absolute atomic E-state index is 0.106. The molecule has 0 amide bonds. The first-order valence-electron chi connectivity index (χ1n) is 7.87. The zero-order valence-corrected chi connectivity index (χ0v) is 14.3. The number of aromatic nitrogens is 2. The Balaban J connectivity index is 1.67. The van der Waals surface area contributed by atoms with E-state index in [0.717, 1.165) is 23.4 Å². The molecular weight excluding hydrogens is 355 g/mol. The fraction of sp³-hybridized carbons (Fsp3) is 0.111. The Kier molecular flexibility index (Phi) is 5.41. The Morgan fingerprint density at radius 1 is 1.19 bits per heavy atom. The molecule has 3 rings (SSSR count). The van der Waals surface area contributed by atoms with Gasteiger partial charge in [0.2, 0.25) is 11.8 Å². The molecule has 0 spiro atoms. The normalized spacial score (nSPS) is 10.3. The summed E-state index contributed by atoms with van der Waals surface area (Å²) in [6.07, 6.45) is 1.46. The van der Waals surface area contributed by atoms with Crippen molar-refractivity contribution in [1.82, 2.24) is 9.97 Å². The number of methoxy groups -OCH3 is 1. The van der Waals surface area contributed by atoms with Gasteiger partial charge in [-0.2, -0.15) is 4.98 Å². The molecule has 0 saturated heterocycles. The maximum absolute atomic E-state index is 13.9. The summed E-state index contributed by atoms with van der Waals surface area (Å²) >= 11 is 0. The maximum Gasteiger partial charge on any atom is 0.272 e. The number of hydrogen-bond donors (Lipinski definition) is 1. The van der Waals surface area contributed by atoms with Crippen LogP contribution in [0, 0.1) is 15.9 Å². The zero-order valence-electron chi connectivity index (χ0n) is 14.3. The van der Waals surface area contributed by atoms with Crippen LogP contribution in [0.25, 0.3) is 0 Å². The second-order valence-electron chi connectivity index (χ2n) is 5.39. The summed E-state index contributed by atoms with van der Waals surface area (Å²) in [5.41, 5.74) is 0.636. The van der Waals surface area contributed by atoms with Gasteiger partial charge in [-0.3, -0.25) is 10.1 Å². The lowest BCUT2D eigenvalue weighted by molar-refractivity contribution is -0.385. The summed E-state index contributed by atoms with van der Waals surface area (Å²) in [7, 11) is 1.60. The number of non-ortho nitro benzene ring substituents is 1. The second kappa shape index (κ2) is 8.09. The number of halogens is 1. The molecule has 0 aliphatic heterocycles. The lowest BCUT2D eigenvalue weighted by atomic mass is 10.2. The molecule has 27 heavy (non-hydrogen) atoms. The van der Waals surface area contributed by atoms with Gasteiger partial charge in [-0.1, -0.05) is 12.1 Å². The van der Waals surface area contributed by atoms with Gasteiger partial charge in [0, 0.05) is 24.9 Å². The van der Waals surface area contributed by atoms with E-state index in [9.17, 15) is 14.5 Å². The van der Waals surface area contributed by atoms with E-state index >= 15 is 0 Å². The highest BCUT2D eigenvalue weighted by molar-refractivity contribution is 5.40. The summed E-state index contributed by atoms with van der Waals surface area (Å²) in [4.78, 5) is 18.2. The summed E-state index contributed by atoms with van der Waals surface area (Å²) < 4.78 is 24.4. The molecule has 0 aliphatic carbocycles. The van der Waals surface area contributed by atoms with E-state index in [2.05, 4.69) is 15.3 Å². The van der Waals surface area contributed by atoms with Crippen molar-refractivity contribution in [2.45, 2.75) is 6.54 Å². The van der Waals surface area contributed by atoms with Crippen molar-refractivity contribution in [3.8, 4) is 17.4 Å². The minimum Gasteiger partial charge on any atom is -0.497 e. The van der Waals surface area contributed by atoms with Gasteiger partial charge in [0.05, 0.1) is 18.1 Å². The average molecular weight is 370 g/mol. The third-order valence-corrected chi connectivity index (χ3v) is 3.58. The van der Waals surface area contributed by atoms with Crippen LogP contribution in [0.1, 0.15) is 5.56 Å². The molecule has 1 heterocycles. The van der Waals surface area contributed by atoms with Crippen LogP contribution in [-0.2, 0) is 6.54 Å². The number of ether oxygens (including phenoxy) is 2. The standard InChI is InChI=1S/C18H15FN4O4/c1-26-14-5-2-12(3-6-14)11-21-18-20-9-8-17(22-18)27-16-7-4-13(23(24)25)10-15(16)19/h2-10H,11H2,1H3,(H,20,21,22). The van der Waals surface area contributed by atoms with E-state index in [1.54, 1.807) is 7.11 Å². The molecule has 2 aromatic carbocycles. The lowest BCUT2D eigenvalue weighted by Crippen LogP contribution is -2.04. The van der Waals surface area contributed by atoms with Crippen LogP contribution in [0.3, 0.4) is 0 Å². The molecule has 138 valence electrons. The van der Waals surface area contributed by atoms with E-state index in [4.69, 9.17) is 9.47 Å². The van der Waals surface area contributed by atoms with Crippen molar-refractivity contribution in [3.05, 3.63) is 76.2 Å². The van der Waals surface area contributed by atoms with Gasteiger partial charge in [0.25, 0.3) is 5.69 Å². The topological polar surface area (TPSA) is 99.4 Å². The smallest absolute Gasteiger partial charge is 0.272 e. The Morgan fingerprint density at radius 2 is 1.96 bits per heavy atom. The highest BCUT2D eigenvalue weighted by Gasteiger charge is 2.13. The average Bonchev–Trinajstić information content (AvgIpc) is 2.68. The number of nitrogens with zero attached hydrogens (tertiary/aromatic N) is 3. The molecule has 0 bridgehead atoms. The van der Waals surface area contributed by atoms with Crippen LogP contribution >= 0.6 is 0 Å². The van der Waals surface area contributed by atoms with Gasteiger partial charge in [0.15, 0.2) is 11.6 Å². The number of nitrogens with one attached hydrogen (secondary N) is 1. The fourth-order valence-electron chi connectivity index (χ4n) is 2.21. The van der Waals surface area contributed by atoms with E-state index < -0.39 is 10.7 Å². The maximum atomic E-state index is 13.9. The van der Waals surface area contributed by atoms with E-state index in [1.165, 1.54) is 18.3 Å². The van der Waals surface area contributed by atoms with Crippen molar-refractivity contribution in [1.29, 1.82) is 0 Å². The quantitative estimate of drug-likeness (QED) is 0.497. The van der Waals surface area contributed by atoms with E-state index in [0.29, 0.717) is 12.5 Å². The molecule has 0 saturated carbocycles. The highest BCUT2D eigenvalue weighted by atomic mass is 19.1. The van der Waals surface area contributed by atoms with Crippen LogP contribution in [0.5, 0.6) is 17.4 Å². The van der Waals surface area contributed by atoms with Gasteiger partial charge in [-0.25, -0.2) is 9.37 Å². The van der Waals surface area contributed by atoms with Crippen LogP contribution in [0.15, 0.2) is 54.7 Å². The molecule has 0 aliphatic rings. The van der Waals surface area contributed by atoms with Crippen LogP contribution in [0.4, 0.5) is 16.0 Å². The highest BCUT2D eigenvalue weighted by Crippen LogP contribution is 2.26. The largest absolute Gasteiger partial charge is 0.497 e. The van der Waals surface area contributed by atoms with Crippen molar-refractivity contribution in [2.24, 2.45) is 0 Å². The van der Waals surface area contributed by atoms with E-state index in [1.807, 2.05) is 24.3 Å². The Bertz CT molecular complexity index is 950. The van der Waals surface area contributed by atoms with Crippen molar-refractivity contribution >= 4 is 11.6 Å². The van der Waals surface area contributed by atoms with Crippen molar-refractivity contribution in [2.75, 3.05) is 12.4 Å². The summed E-state index contributed by atoms with van der Waals surface area (Å²) in [5, 5.41) is 13.7. The second-order valence-corrected chi connectivity index (χ2v) is 5.39. The first kappa shape index (κ1) is 18.1. The molecular formula is C18H15FN4O4. The third kappa shape index (κ3) is 4.66. The van der Waals surface area contributed by atoms with Crippen LogP contribution in [-0.4, -0.2) is 22.0 Å². The summed E-state index contributed by atoms with van der Waals surface area (Å²) in [6, 6.07) is 12.1. The SMILES string of the molecule is COc1ccc(CNc2nccc(Oc3ccc([N+](=O)[O-])cc3F)n2)cc1. The van der Waals surface area contributed by atoms with Crippen molar-refractivity contribution in [3.63, 3.8) is 0 Å². The number of anilines is 1. The number of nitro benzene ring substituents is 1. The summed E-state index contributed by atoms with van der Waals surface area (Å²) in [5.74, 6) is 0.145. The Morgan fingerprint density at radius 3 is 2.63 bits per heavy atom. The molecule has 1 aromatic heterocycles. The number of benzene rings is 2. The molecule has 8 nitrogen and oxygen atoms in total. The molecule has 0 fully saturated rings. The van der Waals surface area contributed by atoms with E-state index in [-0.39, 0.29) is 17.3 Å². The predicted octanol–water partition coefficient (Wildman–Crippen LogP) is 3.94. The van der Waals surface area contributed by atoms with Gasteiger partial charge < -0.3 is 14.8 Å². The number of rotatable bonds is 7. The molecule has 3 aromatic rings. The fourth-order valence-corrected chi connectivity index (χ4v) is 2.21. The van der Waals surface area contributed by atoms with Crippen LogP contribution in [0.2, 0.25) is 0 Å². The molecule has 1 N–H and O–H groups in total. The Labute approximate surface area is 153 Å². The molecule has 9 heteroatoms. The molecule has 0 radical (unpaired) electrons. The minimum atomic E-state index is -0.851. The Hall–Kier alpha value is -3.75. The summed E-state index contributed by atoms with van der Waals surface area (Å²) in [6.45, 7) is 0.472. The predicted molar refractivity (Wildman–Crippen MR) is 95.5 cm³/mol. The number of nitro groups is 1. The van der Waals surface area contributed by atoms with Gasteiger partial charge >= 0.3 is 0 Å². The molecule has 0 atom stereocenters. The van der Waals surface area contributed by atoms with Gasteiger partial charge in [-0.15, -0.1) is 0 Å². The monoisotopic (exact) mass is 370 g/mol. The lowest BCUT2D eigenvalue weighted by Gasteiger charge is -2.09. The third-order valence-electron chi connectivity index (χ3n) is 3.58. The number of hydrogen-bond acceptors (Lipinski definition) is 7. The van der Waals surface area contributed by atoms with Crippen molar-refractivity contribution < 1.29 is 18.8 Å². The zero-order chi connectivity index (χ0) is 19.2.